The first kappa shape index (κ1) is 14.4. The zero-order valence-corrected chi connectivity index (χ0v) is 10.9. The maximum atomic E-state index is 11.3. The van der Waals surface area contributed by atoms with E-state index in [0.717, 1.165) is 6.54 Å². The third-order valence-electron chi connectivity index (χ3n) is 2.98. The quantitative estimate of drug-likeness (QED) is 0.651. The Morgan fingerprint density at radius 2 is 2.24 bits per heavy atom. The molecule has 1 heterocycles. The van der Waals surface area contributed by atoms with Crippen molar-refractivity contribution in [2.75, 3.05) is 37.7 Å². The highest BCUT2D eigenvalue weighted by atomic mass is 32.2. The minimum atomic E-state index is -2.95. The van der Waals surface area contributed by atoms with Crippen molar-refractivity contribution in [3.8, 4) is 0 Å². The Kier molecular flexibility index (Phi) is 5.35. The molecule has 2 N–H and O–H groups in total. The van der Waals surface area contributed by atoms with Crippen LogP contribution in [0, 0.1) is 0 Å². The summed E-state index contributed by atoms with van der Waals surface area (Å²) in [4.78, 5) is 12.8. The van der Waals surface area contributed by atoms with Crippen molar-refractivity contribution < 1.29 is 18.3 Å². The normalized spacial score (nSPS) is 22.5. The van der Waals surface area contributed by atoms with E-state index in [2.05, 4.69) is 5.32 Å². The number of piperazine rings is 1. The van der Waals surface area contributed by atoms with Crippen LogP contribution in [-0.4, -0.2) is 68.1 Å². The van der Waals surface area contributed by atoms with Crippen LogP contribution in [0.3, 0.4) is 0 Å². The lowest BCUT2D eigenvalue weighted by Crippen LogP contribution is -2.55. The number of sulfone groups is 1. The van der Waals surface area contributed by atoms with Crippen LogP contribution in [0.1, 0.15) is 13.3 Å². The van der Waals surface area contributed by atoms with Crippen LogP contribution >= 0.6 is 0 Å². The fraction of sp³-hybridized carbons (Fsp3) is 0.900. The highest BCUT2D eigenvalue weighted by Crippen LogP contribution is 2.05. The number of rotatable bonds is 6. The Hall–Kier alpha value is -0.660. The molecule has 0 amide bonds. The van der Waals surface area contributed by atoms with E-state index in [1.807, 2.05) is 4.90 Å². The predicted molar refractivity (Wildman–Crippen MR) is 64.8 cm³/mol. The van der Waals surface area contributed by atoms with Crippen LogP contribution < -0.4 is 5.32 Å². The number of carbonyl (C=O) groups is 1. The number of carboxylic acid groups (broad SMARTS) is 1. The molecule has 1 fully saturated rings. The second-order valence-electron chi connectivity index (χ2n) is 4.18. The SMILES string of the molecule is CCS(=O)(=O)CCCN1CCNCC1C(=O)O. The van der Waals surface area contributed by atoms with Crippen LogP contribution in [0.15, 0.2) is 0 Å². The molecule has 100 valence electrons. The Morgan fingerprint density at radius 3 is 2.82 bits per heavy atom. The number of hydrogen-bond donors (Lipinski definition) is 2. The fourth-order valence-corrected chi connectivity index (χ4v) is 2.75. The predicted octanol–water partition coefficient (Wildman–Crippen LogP) is -0.830. The highest BCUT2D eigenvalue weighted by Gasteiger charge is 2.27. The zero-order valence-electron chi connectivity index (χ0n) is 10.1. The van der Waals surface area contributed by atoms with E-state index in [1.54, 1.807) is 6.92 Å². The Labute approximate surface area is 102 Å². The molecule has 7 heteroatoms. The third kappa shape index (κ3) is 4.61. The van der Waals surface area contributed by atoms with E-state index in [0.29, 0.717) is 26.1 Å². The van der Waals surface area contributed by atoms with Crippen molar-refractivity contribution in [1.29, 1.82) is 0 Å². The molecule has 17 heavy (non-hydrogen) atoms. The molecule has 0 spiro atoms. The molecular weight excluding hydrogens is 244 g/mol. The topological polar surface area (TPSA) is 86.7 Å². The molecule has 1 unspecified atom stereocenters. The van der Waals surface area contributed by atoms with Gasteiger partial charge in [-0.15, -0.1) is 0 Å². The Bertz CT molecular complexity index is 355. The van der Waals surface area contributed by atoms with Crippen molar-refractivity contribution in [1.82, 2.24) is 10.2 Å². The van der Waals surface area contributed by atoms with Crippen molar-refractivity contribution in [3.05, 3.63) is 0 Å². The second-order valence-corrected chi connectivity index (χ2v) is 6.66. The van der Waals surface area contributed by atoms with Gasteiger partial charge >= 0.3 is 5.97 Å². The molecule has 1 rings (SSSR count). The van der Waals surface area contributed by atoms with Gasteiger partial charge in [0.2, 0.25) is 0 Å². The molecule has 0 saturated carbocycles. The van der Waals surface area contributed by atoms with Gasteiger partial charge < -0.3 is 10.4 Å². The molecule has 0 aromatic carbocycles. The first-order valence-corrected chi connectivity index (χ1v) is 7.66. The largest absolute Gasteiger partial charge is 0.480 e. The monoisotopic (exact) mass is 264 g/mol. The molecule has 1 aliphatic heterocycles. The molecule has 1 saturated heterocycles. The number of nitrogens with zero attached hydrogens (tertiary/aromatic N) is 1. The van der Waals surface area contributed by atoms with Gasteiger partial charge in [-0.3, -0.25) is 9.69 Å². The number of aliphatic carboxylic acids is 1. The van der Waals surface area contributed by atoms with Crippen molar-refractivity contribution in [2.45, 2.75) is 19.4 Å². The summed E-state index contributed by atoms with van der Waals surface area (Å²) in [5.41, 5.74) is 0. The molecule has 0 aromatic rings. The number of hydrogen-bond acceptors (Lipinski definition) is 5. The van der Waals surface area contributed by atoms with Crippen molar-refractivity contribution in [3.63, 3.8) is 0 Å². The molecule has 0 bridgehead atoms. The van der Waals surface area contributed by atoms with Crippen molar-refractivity contribution in [2.24, 2.45) is 0 Å². The van der Waals surface area contributed by atoms with Gasteiger partial charge in [-0.25, -0.2) is 8.42 Å². The van der Waals surface area contributed by atoms with Gasteiger partial charge in [0, 0.05) is 31.9 Å². The van der Waals surface area contributed by atoms with Gasteiger partial charge in [0.05, 0.1) is 5.75 Å². The highest BCUT2D eigenvalue weighted by molar-refractivity contribution is 7.91. The van der Waals surface area contributed by atoms with Crippen LogP contribution in [0.25, 0.3) is 0 Å². The first-order valence-electron chi connectivity index (χ1n) is 5.84. The lowest BCUT2D eigenvalue weighted by atomic mass is 10.2. The molecule has 6 nitrogen and oxygen atoms in total. The summed E-state index contributed by atoms with van der Waals surface area (Å²) in [5, 5.41) is 12.0. The zero-order chi connectivity index (χ0) is 12.9. The van der Waals surface area contributed by atoms with E-state index in [-0.39, 0.29) is 11.5 Å². The first-order chi connectivity index (χ1) is 7.96. The van der Waals surface area contributed by atoms with Crippen molar-refractivity contribution >= 4 is 15.8 Å². The van der Waals surface area contributed by atoms with Gasteiger partial charge in [-0.1, -0.05) is 6.92 Å². The summed E-state index contributed by atoms with van der Waals surface area (Å²) in [7, 11) is -2.95. The van der Waals surface area contributed by atoms with Crippen LogP contribution in [0.5, 0.6) is 0 Å². The molecule has 0 aromatic heterocycles. The number of nitrogens with one attached hydrogen (secondary N) is 1. The van der Waals surface area contributed by atoms with Gasteiger partial charge in [0.1, 0.15) is 15.9 Å². The lowest BCUT2D eigenvalue weighted by molar-refractivity contribution is -0.143. The average molecular weight is 264 g/mol. The van der Waals surface area contributed by atoms with E-state index in [1.165, 1.54) is 0 Å². The molecule has 0 radical (unpaired) electrons. The maximum Gasteiger partial charge on any atom is 0.322 e. The number of carboxylic acids is 1. The van der Waals surface area contributed by atoms with Gasteiger partial charge in [0.15, 0.2) is 0 Å². The summed E-state index contributed by atoms with van der Waals surface area (Å²) in [6.45, 7) is 3.99. The molecular formula is C10H20N2O4S. The van der Waals surface area contributed by atoms with E-state index in [4.69, 9.17) is 5.11 Å². The average Bonchev–Trinajstić information content (AvgIpc) is 2.29. The minimum Gasteiger partial charge on any atom is -0.480 e. The summed E-state index contributed by atoms with van der Waals surface area (Å²) >= 11 is 0. The fourth-order valence-electron chi connectivity index (χ4n) is 1.89. The van der Waals surface area contributed by atoms with Crippen LogP contribution in [0.4, 0.5) is 0 Å². The van der Waals surface area contributed by atoms with Gasteiger partial charge in [-0.2, -0.15) is 0 Å². The summed E-state index contributed by atoms with van der Waals surface area (Å²) in [6, 6.07) is -0.534. The smallest absolute Gasteiger partial charge is 0.322 e. The van der Waals surface area contributed by atoms with Gasteiger partial charge in [0.25, 0.3) is 0 Å². The van der Waals surface area contributed by atoms with E-state index < -0.39 is 21.8 Å². The summed E-state index contributed by atoms with van der Waals surface area (Å²) < 4.78 is 22.6. The third-order valence-corrected chi connectivity index (χ3v) is 4.77. The van der Waals surface area contributed by atoms with E-state index in [9.17, 15) is 13.2 Å². The van der Waals surface area contributed by atoms with Gasteiger partial charge in [-0.05, 0) is 6.42 Å². The summed E-state index contributed by atoms with van der Waals surface area (Å²) in [5.74, 6) is -0.563. The lowest BCUT2D eigenvalue weighted by Gasteiger charge is -2.33. The van der Waals surface area contributed by atoms with Crippen LogP contribution in [0.2, 0.25) is 0 Å². The molecule has 1 aliphatic rings. The van der Waals surface area contributed by atoms with E-state index >= 15 is 0 Å². The Morgan fingerprint density at radius 1 is 1.53 bits per heavy atom. The van der Waals surface area contributed by atoms with Crippen LogP contribution in [-0.2, 0) is 14.6 Å². The summed E-state index contributed by atoms with van der Waals surface area (Å²) in [6.07, 6.45) is 0.500. The molecule has 1 atom stereocenters. The maximum absolute atomic E-state index is 11.3. The Balaban J connectivity index is 2.41. The standard InChI is InChI=1S/C10H20N2O4S/c1-2-17(15,16)7-3-5-12-6-4-11-8-9(12)10(13)14/h9,11H,2-8H2,1H3,(H,13,14). The molecule has 0 aliphatic carbocycles. The second kappa shape index (κ2) is 6.32. The minimum absolute atomic E-state index is 0.139.